The van der Waals surface area contributed by atoms with Gasteiger partial charge < -0.3 is 19.7 Å². The SMILES string of the molecule is CN(Cc1cnn(C)c1)C(=O)NCc1ccc2c(c1)OCO2. The van der Waals surface area contributed by atoms with Crippen molar-refractivity contribution >= 4 is 6.03 Å². The molecule has 1 aromatic heterocycles. The smallest absolute Gasteiger partial charge is 0.317 e. The van der Waals surface area contributed by atoms with Crippen molar-refractivity contribution < 1.29 is 14.3 Å². The highest BCUT2D eigenvalue weighted by molar-refractivity contribution is 5.73. The van der Waals surface area contributed by atoms with E-state index in [0.717, 1.165) is 22.6 Å². The van der Waals surface area contributed by atoms with Gasteiger partial charge in [-0.3, -0.25) is 4.68 Å². The Morgan fingerprint density at radius 2 is 2.18 bits per heavy atom. The van der Waals surface area contributed by atoms with Gasteiger partial charge in [-0.25, -0.2) is 4.79 Å². The van der Waals surface area contributed by atoms with Gasteiger partial charge in [0.25, 0.3) is 0 Å². The minimum absolute atomic E-state index is 0.137. The van der Waals surface area contributed by atoms with E-state index in [9.17, 15) is 4.79 Å². The van der Waals surface area contributed by atoms with Crippen molar-refractivity contribution in [3.8, 4) is 11.5 Å². The summed E-state index contributed by atoms with van der Waals surface area (Å²) in [6.07, 6.45) is 3.64. The normalized spacial score (nSPS) is 12.3. The summed E-state index contributed by atoms with van der Waals surface area (Å²) in [4.78, 5) is 13.7. The van der Waals surface area contributed by atoms with Crippen LogP contribution in [-0.2, 0) is 20.1 Å². The van der Waals surface area contributed by atoms with Gasteiger partial charge in [-0.2, -0.15) is 5.10 Å². The lowest BCUT2D eigenvalue weighted by Gasteiger charge is -2.17. The van der Waals surface area contributed by atoms with Gasteiger partial charge in [-0.15, -0.1) is 0 Å². The highest BCUT2D eigenvalue weighted by Crippen LogP contribution is 2.32. The van der Waals surface area contributed by atoms with Crippen LogP contribution in [0.3, 0.4) is 0 Å². The Labute approximate surface area is 128 Å². The molecule has 1 aromatic carbocycles. The fraction of sp³-hybridized carbons (Fsp3) is 0.333. The molecule has 0 aliphatic carbocycles. The number of urea groups is 1. The number of fused-ring (bicyclic) bond motifs is 1. The first kappa shape index (κ1) is 14.2. The number of nitrogens with zero attached hydrogens (tertiary/aromatic N) is 3. The Morgan fingerprint density at radius 3 is 2.95 bits per heavy atom. The lowest BCUT2D eigenvalue weighted by Crippen LogP contribution is -2.36. The van der Waals surface area contributed by atoms with Gasteiger partial charge >= 0.3 is 6.03 Å². The van der Waals surface area contributed by atoms with Crippen molar-refractivity contribution in [3.05, 3.63) is 41.7 Å². The molecule has 2 heterocycles. The summed E-state index contributed by atoms with van der Waals surface area (Å²) in [7, 11) is 3.60. The number of aryl methyl sites for hydroxylation is 1. The number of carbonyl (C=O) groups is 1. The molecule has 0 spiro atoms. The van der Waals surface area contributed by atoms with Gasteiger partial charge in [0.2, 0.25) is 6.79 Å². The molecule has 116 valence electrons. The molecule has 0 unspecified atom stereocenters. The van der Waals surface area contributed by atoms with E-state index >= 15 is 0 Å². The first-order valence-electron chi connectivity index (χ1n) is 6.97. The third-order valence-electron chi connectivity index (χ3n) is 3.41. The van der Waals surface area contributed by atoms with Gasteiger partial charge in [-0.05, 0) is 17.7 Å². The molecule has 1 aliphatic rings. The van der Waals surface area contributed by atoms with Crippen LogP contribution in [0.4, 0.5) is 4.79 Å². The molecule has 22 heavy (non-hydrogen) atoms. The van der Waals surface area contributed by atoms with Gasteiger partial charge in [0.05, 0.1) is 12.7 Å². The monoisotopic (exact) mass is 302 g/mol. The third-order valence-corrected chi connectivity index (χ3v) is 3.41. The maximum atomic E-state index is 12.1. The average Bonchev–Trinajstić information content (AvgIpc) is 3.12. The molecule has 0 bridgehead atoms. The molecule has 2 aromatic rings. The number of ether oxygens (including phenoxy) is 2. The second-order valence-corrected chi connectivity index (χ2v) is 5.22. The first-order chi connectivity index (χ1) is 10.6. The summed E-state index contributed by atoms with van der Waals surface area (Å²) in [5.74, 6) is 1.46. The van der Waals surface area contributed by atoms with E-state index in [-0.39, 0.29) is 12.8 Å². The van der Waals surface area contributed by atoms with Crippen LogP contribution in [0.1, 0.15) is 11.1 Å². The van der Waals surface area contributed by atoms with Gasteiger partial charge in [0.15, 0.2) is 11.5 Å². The number of benzene rings is 1. The van der Waals surface area contributed by atoms with E-state index in [1.54, 1.807) is 22.8 Å². The van der Waals surface area contributed by atoms with E-state index in [1.807, 2.05) is 31.4 Å². The molecule has 0 fully saturated rings. The van der Waals surface area contributed by atoms with Crippen molar-refractivity contribution in [1.29, 1.82) is 0 Å². The van der Waals surface area contributed by atoms with E-state index in [0.29, 0.717) is 13.1 Å². The van der Waals surface area contributed by atoms with Crippen molar-refractivity contribution in [3.63, 3.8) is 0 Å². The molecular weight excluding hydrogens is 284 g/mol. The minimum atomic E-state index is -0.137. The summed E-state index contributed by atoms with van der Waals surface area (Å²) in [5.41, 5.74) is 1.95. The maximum Gasteiger partial charge on any atom is 0.317 e. The minimum Gasteiger partial charge on any atom is -0.454 e. The van der Waals surface area contributed by atoms with Crippen LogP contribution in [0.5, 0.6) is 11.5 Å². The second-order valence-electron chi connectivity index (χ2n) is 5.22. The van der Waals surface area contributed by atoms with E-state index in [1.165, 1.54) is 0 Å². The quantitative estimate of drug-likeness (QED) is 0.929. The molecule has 7 nitrogen and oxygen atoms in total. The zero-order chi connectivity index (χ0) is 15.5. The lowest BCUT2D eigenvalue weighted by atomic mass is 10.2. The van der Waals surface area contributed by atoms with Crippen LogP contribution in [0.25, 0.3) is 0 Å². The summed E-state index contributed by atoms with van der Waals surface area (Å²) in [6.45, 7) is 1.20. The number of aromatic nitrogens is 2. The number of amides is 2. The standard InChI is InChI=1S/C15H18N4O3/c1-18(8-12-7-17-19(2)9-12)15(20)16-6-11-3-4-13-14(5-11)22-10-21-13/h3-5,7,9H,6,8,10H2,1-2H3,(H,16,20). The molecule has 2 amide bonds. The Bertz CT molecular complexity index is 683. The van der Waals surface area contributed by atoms with Crippen molar-refractivity contribution in [1.82, 2.24) is 20.0 Å². The fourth-order valence-corrected chi connectivity index (χ4v) is 2.26. The number of nitrogens with one attached hydrogen (secondary N) is 1. The summed E-state index contributed by atoms with van der Waals surface area (Å²) >= 11 is 0. The molecule has 1 N–H and O–H groups in total. The second kappa shape index (κ2) is 5.97. The van der Waals surface area contributed by atoms with Crippen LogP contribution in [0.15, 0.2) is 30.6 Å². The van der Waals surface area contributed by atoms with Gasteiger partial charge in [0.1, 0.15) is 0 Å². The van der Waals surface area contributed by atoms with E-state index in [2.05, 4.69) is 10.4 Å². The number of hydrogen-bond donors (Lipinski definition) is 1. The number of hydrogen-bond acceptors (Lipinski definition) is 4. The Morgan fingerprint density at radius 1 is 1.36 bits per heavy atom. The summed E-state index contributed by atoms with van der Waals surface area (Å²) in [6, 6.07) is 5.50. The average molecular weight is 302 g/mol. The first-order valence-corrected chi connectivity index (χ1v) is 6.97. The summed E-state index contributed by atoms with van der Waals surface area (Å²) in [5, 5.41) is 6.97. The zero-order valence-electron chi connectivity index (χ0n) is 12.6. The Hall–Kier alpha value is -2.70. The van der Waals surface area contributed by atoms with Gasteiger partial charge in [-0.1, -0.05) is 6.07 Å². The predicted molar refractivity (Wildman–Crippen MR) is 79.5 cm³/mol. The third kappa shape index (κ3) is 3.13. The number of carbonyl (C=O) groups excluding carboxylic acids is 1. The summed E-state index contributed by atoms with van der Waals surface area (Å²) < 4.78 is 12.3. The van der Waals surface area contributed by atoms with Crippen LogP contribution in [-0.4, -0.2) is 34.6 Å². The molecule has 3 rings (SSSR count). The fourth-order valence-electron chi connectivity index (χ4n) is 2.26. The Balaban J connectivity index is 1.53. The van der Waals surface area contributed by atoms with Gasteiger partial charge in [0, 0.05) is 32.4 Å². The maximum absolute atomic E-state index is 12.1. The highest BCUT2D eigenvalue weighted by atomic mass is 16.7. The molecule has 0 saturated carbocycles. The topological polar surface area (TPSA) is 68.6 Å². The molecule has 1 aliphatic heterocycles. The zero-order valence-corrected chi connectivity index (χ0v) is 12.6. The van der Waals surface area contributed by atoms with Crippen molar-refractivity contribution in [2.45, 2.75) is 13.1 Å². The number of rotatable bonds is 4. The highest BCUT2D eigenvalue weighted by Gasteiger charge is 2.14. The van der Waals surface area contributed by atoms with E-state index in [4.69, 9.17) is 9.47 Å². The molecule has 0 saturated heterocycles. The van der Waals surface area contributed by atoms with Crippen LogP contribution in [0, 0.1) is 0 Å². The predicted octanol–water partition coefficient (Wildman–Crippen LogP) is 1.49. The Kier molecular flexibility index (Phi) is 3.86. The van der Waals surface area contributed by atoms with Crippen molar-refractivity contribution in [2.24, 2.45) is 7.05 Å². The van der Waals surface area contributed by atoms with Crippen LogP contribution in [0.2, 0.25) is 0 Å². The van der Waals surface area contributed by atoms with Crippen LogP contribution < -0.4 is 14.8 Å². The van der Waals surface area contributed by atoms with Crippen LogP contribution >= 0.6 is 0 Å². The largest absolute Gasteiger partial charge is 0.454 e. The molecule has 0 atom stereocenters. The van der Waals surface area contributed by atoms with Crippen molar-refractivity contribution in [2.75, 3.05) is 13.8 Å². The molecule has 0 radical (unpaired) electrons. The lowest BCUT2D eigenvalue weighted by molar-refractivity contribution is 0.174. The molecule has 7 heteroatoms. The molecular formula is C15H18N4O3. The van der Waals surface area contributed by atoms with E-state index < -0.39 is 0 Å².